The van der Waals surface area contributed by atoms with Crippen molar-refractivity contribution in [1.82, 2.24) is 5.32 Å². The van der Waals surface area contributed by atoms with Crippen molar-refractivity contribution in [3.63, 3.8) is 0 Å². The number of amides is 1. The molecule has 0 radical (unpaired) electrons. The molecule has 1 saturated heterocycles. The minimum Gasteiger partial charge on any atom is -0.394 e. The second-order valence-electron chi connectivity index (χ2n) is 24.6. The molecule has 492 valence electrons. The van der Waals surface area contributed by atoms with Crippen LogP contribution < -0.4 is 5.32 Å². The van der Waals surface area contributed by atoms with E-state index in [1.807, 2.05) is 6.08 Å². The average Bonchev–Trinajstić information content (AvgIpc) is 3.66. The number of unbranched alkanes of at least 4 members (excludes halogenated alkanes) is 38. The van der Waals surface area contributed by atoms with Gasteiger partial charge in [-0.05, 0) is 83.5 Å². The van der Waals surface area contributed by atoms with Crippen LogP contribution in [0.4, 0.5) is 0 Å². The van der Waals surface area contributed by atoms with Crippen LogP contribution in [0.3, 0.4) is 0 Å². The van der Waals surface area contributed by atoms with E-state index < -0.39 is 49.5 Å². The number of allylic oxidation sites excluding steroid dienone is 15. The van der Waals surface area contributed by atoms with Crippen molar-refractivity contribution < 1.29 is 39.8 Å². The monoisotopic (exact) mass is 1190 g/mol. The summed E-state index contributed by atoms with van der Waals surface area (Å²) in [6.07, 6.45) is 86.6. The number of carbonyl (C=O) groups is 1. The van der Waals surface area contributed by atoms with Crippen LogP contribution in [0.2, 0.25) is 0 Å². The van der Waals surface area contributed by atoms with Gasteiger partial charge in [0.05, 0.1) is 25.4 Å². The molecule has 0 aliphatic carbocycles. The molecule has 85 heavy (non-hydrogen) atoms. The summed E-state index contributed by atoms with van der Waals surface area (Å²) < 4.78 is 11.3. The fraction of sp³-hybridized carbons (Fsp3) is 0.776. The van der Waals surface area contributed by atoms with Crippen molar-refractivity contribution in [2.24, 2.45) is 0 Å². The Morgan fingerprint density at radius 2 is 0.741 bits per heavy atom. The zero-order valence-corrected chi connectivity index (χ0v) is 55.1. The standard InChI is InChI=1S/C76H135NO8/c1-3-5-7-9-11-13-15-17-19-21-23-25-27-28-29-30-31-32-33-34-35-36-37-38-39-40-41-42-44-46-48-50-52-54-56-58-60-62-64-66-72(80)77-69(68-84-76-75(83)74(82)73(81)71(67-78)85-76)70(79)65-63-61-59-57-55-53-51-49-47-45-43-26-24-22-20-18-16-14-12-10-8-6-4-2/h5,7,11,13,17,19,23,25,28-29,31-32,55,57,63,65,69-71,73-76,78-79,81-83H,3-4,6,8-10,12,14-16,18,20-22,24,26-27,30,33-54,56,58-62,64,66-68H2,1-2H3,(H,77,80)/b7-5-,13-11-,19-17-,25-23-,29-28-,32-31-,57-55+,65-63+. The van der Waals surface area contributed by atoms with Gasteiger partial charge in [-0.2, -0.15) is 0 Å². The number of aliphatic hydroxyl groups excluding tert-OH is 5. The number of rotatable bonds is 62. The van der Waals surface area contributed by atoms with Crippen molar-refractivity contribution in [2.45, 2.75) is 365 Å². The fourth-order valence-electron chi connectivity index (χ4n) is 11.1. The molecule has 1 amide bonds. The van der Waals surface area contributed by atoms with E-state index in [1.54, 1.807) is 6.08 Å². The van der Waals surface area contributed by atoms with Gasteiger partial charge >= 0.3 is 0 Å². The molecule has 1 rings (SSSR count). The number of aliphatic hydroxyl groups is 5. The SMILES string of the molecule is CC/C=C\C/C=C\C/C=C\C/C=C\C/C=C\C/C=C\CCCCCCCCCCCCCCCCCCCCCCC(=O)NC(COC1OC(CO)C(O)C(O)C1O)C(O)/C=C/CC/C=C/CCCCCCCCCCCCCCCCCCC. The maximum absolute atomic E-state index is 13.1. The first-order valence-corrected chi connectivity index (χ1v) is 36.0. The Morgan fingerprint density at radius 3 is 1.13 bits per heavy atom. The summed E-state index contributed by atoms with van der Waals surface area (Å²) in [6.45, 7) is 3.68. The molecule has 0 aromatic carbocycles. The lowest BCUT2D eigenvalue weighted by Gasteiger charge is -2.40. The van der Waals surface area contributed by atoms with Crippen molar-refractivity contribution in [3.8, 4) is 0 Å². The van der Waals surface area contributed by atoms with E-state index in [0.29, 0.717) is 6.42 Å². The number of nitrogens with one attached hydrogen (secondary N) is 1. The van der Waals surface area contributed by atoms with Crippen LogP contribution in [-0.4, -0.2) is 87.5 Å². The molecule has 0 bridgehead atoms. The van der Waals surface area contributed by atoms with E-state index in [0.717, 1.165) is 77.0 Å². The predicted octanol–water partition coefficient (Wildman–Crippen LogP) is 19.9. The minimum atomic E-state index is -1.58. The lowest BCUT2D eigenvalue weighted by atomic mass is 9.99. The Hall–Kier alpha value is -2.89. The van der Waals surface area contributed by atoms with Gasteiger partial charge in [0.2, 0.25) is 5.91 Å². The first kappa shape index (κ1) is 80.1. The van der Waals surface area contributed by atoms with Crippen LogP contribution in [0.15, 0.2) is 97.2 Å². The molecule has 9 heteroatoms. The smallest absolute Gasteiger partial charge is 0.220 e. The van der Waals surface area contributed by atoms with Crippen LogP contribution in [0.25, 0.3) is 0 Å². The third-order valence-corrected chi connectivity index (χ3v) is 16.6. The van der Waals surface area contributed by atoms with Crippen LogP contribution in [0.1, 0.15) is 322 Å². The lowest BCUT2D eigenvalue weighted by molar-refractivity contribution is -0.302. The van der Waals surface area contributed by atoms with Crippen molar-refractivity contribution in [2.75, 3.05) is 13.2 Å². The van der Waals surface area contributed by atoms with E-state index in [4.69, 9.17) is 9.47 Å². The van der Waals surface area contributed by atoms with Gasteiger partial charge < -0.3 is 40.3 Å². The summed E-state index contributed by atoms with van der Waals surface area (Å²) in [6, 6.07) is -0.826. The normalized spacial score (nSPS) is 18.7. The van der Waals surface area contributed by atoms with Gasteiger partial charge in [-0.1, -0.05) is 329 Å². The highest BCUT2D eigenvalue weighted by molar-refractivity contribution is 5.76. The van der Waals surface area contributed by atoms with Crippen molar-refractivity contribution in [1.29, 1.82) is 0 Å². The second kappa shape index (κ2) is 64.1. The third kappa shape index (κ3) is 52.7. The van der Waals surface area contributed by atoms with Gasteiger partial charge in [0, 0.05) is 6.42 Å². The first-order chi connectivity index (χ1) is 41.8. The van der Waals surface area contributed by atoms with Gasteiger partial charge in [-0.25, -0.2) is 0 Å². The van der Waals surface area contributed by atoms with Crippen LogP contribution >= 0.6 is 0 Å². The number of hydrogen-bond donors (Lipinski definition) is 6. The molecule has 1 aliphatic heterocycles. The van der Waals surface area contributed by atoms with E-state index in [1.165, 1.54) is 225 Å². The molecule has 0 spiro atoms. The maximum Gasteiger partial charge on any atom is 0.220 e. The molecule has 0 aromatic rings. The van der Waals surface area contributed by atoms with E-state index in [-0.39, 0.29) is 12.5 Å². The maximum atomic E-state index is 13.1. The van der Waals surface area contributed by atoms with Gasteiger partial charge in [0.15, 0.2) is 6.29 Å². The van der Waals surface area contributed by atoms with Crippen LogP contribution in [-0.2, 0) is 14.3 Å². The topological polar surface area (TPSA) is 149 Å². The van der Waals surface area contributed by atoms with Gasteiger partial charge in [-0.15, -0.1) is 0 Å². The van der Waals surface area contributed by atoms with E-state index in [9.17, 15) is 30.3 Å². The largest absolute Gasteiger partial charge is 0.394 e. The molecule has 1 fully saturated rings. The summed E-state index contributed by atoms with van der Waals surface area (Å²) in [5.74, 6) is -0.184. The highest BCUT2D eigenvalue weighted by Crippen LogP contribution is 2.23. The summed E-state index contributed by atoms with van der Waals surface area (Å²) in [5.41, 5.74) is 0. The number of ether oxygens (including phenoxy) is 2. The van der Waals surface area contributed by atoms with Crippen molar-refractivity contribution in [3.05, 3.63) is 97.2 Å². The zero-order valence-electron chi connectivity index (χ0n) is 55.1. The Bertz CT molecular complexity index is 1670. The zero-order chi connectivity index (χ0) is 61.4. The predicted molar refractivity (Wildman–Crippen MR) is 364 cm³/mol. The number of carbonyl (C=O) groups excluding carboxylic acids is 1. The Kier molecular flexibility index (Phi) is 60.4. The van der Waals surface area contributed by atoms with E-state index >= 15 is 0 Å². The molecule has 0 saturated carbocycles. The van der Waals surface area contributed by atoms with Gasteiger partial charge in [0.25, 0.3) is 0 Å². The highest BCUT2D eigenvalue weighted by Gasteiger charge is 2.44. The summed E-state index contributed by atoms with van der Waals surface area (Å²) in [5, 5.41) is 54.7. The fourth-order valence-corrected chi connectivity index (χ4v) is 11.1. The summed E-state index contributed by atoms with van der Waals surface area (Å²) in [7, 11) is 0. The van der Waals surface area contributed by atoms with Crippen molar-refractivity contribution >= 4 is 5.91 Å². The quantitative estimate of drug-likeness (QED) is 0.0261. The molecule has 1 heterocycles. The molecule has 7 unspecified atom stereocenters. The summed E-state index contributed by atoms with van der Waals surface area (Å²) >= 11 is 0. The summed E-state index contributed by atoms with van der Waals surface area (Å²) in [4.78, 5) is 13.1. The Balaban J connectivity index is 2.10. The molecule has 0 aromatic heterocycles. The van der Waals surface area contributed by atoms with Crippen LogP contribution in [0.5, 0.6) is 0 Å². The molecule has 6 N–H and O–H groups in total. The molecular formula is C76H135NO8. The molecule has 7 atom stereocenters. The lowest BCUT2D eigenvalue weighted by Crippen LogP contribution is -2.60. The Labute approximate surface area is 523 Å². The third-order valence-electron chi connectivity index (χ3n) is 16.6. The van der Waals surface area contributed by atoms with Crippen LogP contribution in [0, 0.1) is 0 Å². The average molecular weight is 1190 g/mol. The first-order valence-electron chi connectivity index (χ1n) is 36.0. The Morgan fingerprint density at radius 1 is 0.412 bits per heavy atom. The van der Waals surface area contributed by atoms with E-state index in [2.05, 4.69) is 104 Å². The molecule has 1 aliphatic rings. The van der Waals surface area contributed by atoms with Gasteiger partial charge in [0.1, 0.15) is 24.4 Å². The number of hydrogen-bond acceptors (Lipinski definition) is 8. The second-order valence-corrected chi connectivity index (χ2v) is 24.6. The minimum absolute atomic E-state index is 0.184. The highest BCUT2D eigenvalue weighted by atomic mass is 16.7. The van der Waals surface area contributed by atoms with Gasteiger partial charge in [-0.3, -0.25) is 4.79 Å². The molecule has 9 nitrogen and oxygen atoms in total. The molecular weight excluding hydrogens is 1050 g/mol.